The van der Waals surface area contributed by atoms with Gasteiger partial charge in [0, 0.05) is 12.2 Å². The van der Waals surface area contributed by atoms with Crippen LogP contribution >= 0.6 is 11.8 Å². The summed E-state index contributed by atoms with van der Waals surface area (Å²) < 4.78 is 4.78. The fourth-order valence-electron chi connectivity index (χ4n) is 0.597. The molecule has 0 bridgehead atoms. The summed E-state index contributed by atoms with van der Waals surface area (Å²) in [6.45, 7) is 5.18. The number of rotatable bonds is 4. The van der Waals surface area contributed by atoms with Crippen LogP contribution in [0.15, 0.2) is 0 Å². The first-order valence-electron chi connectivity index (χ1n) is 3.49. The Bertz CT molecular complexity index is 125. The molecule has 66 valence electrons. The van der Waals surface area contributed by atoms with Crippen molar-refractivity contribution in [3.05, 3.63) is 0 Å². The molecule has 0 unspecified atom stereocenters. The number of esters is 1. The maximum Gasteiger partial charge on any atom is 0.303 e. The van der Waals surface area contributed by atoms with E-state index in [1.807, 2.05) is 13.8 Å². The second kappa shape index (κ2) is 5.43. The van der Waals surface area contributed by atoms with Crippen molar-refractivity contribution >= 4 is 17.7 Å². The Morgan fingerprint density at radius 1 is 1.64 bits per heavy atom. The second-order valence-corrected chi connectivity index (χ2v) is 4.15. The molecule has 4 heteroatoms. The van der Waals surface area contributed by atoms with Crippen LogP contribution in [-0.4, -0.2) is 28.4 Å². The lowest BCUT2D eigenvalue weighted by Crippen LogP contribution is -2.18. The Morgan fingerprint density at radius 2 is 2.18 bits per heavy atom. The van der Waals surface area contributed by atoms with Crippen LogP contribution in [0.25, 0.3) is 0 Å². The molecule has 0 rings (SSSR count). The van der Waals surface area contributed by atoms with Crippen molar-refractivity contribution in [2.24, 2.45) is 0 Å². The van der Waals surface area contributed by atoms with E-state index in [1.54, 1.807) is 0 Å². The van der Waals surface area contributed by atoms with E-state index in [2.05, 4.69) is 0 Å². The first kappa shape index (κ1) is 10.8. The van der Waals surface area contributed by atoms with Crippen LogP contribution < -0.4 is 0 Å². The molecule has 3 nitrogen and oxygen atoms in total. The van der Waals surface area contributed by atoms with Crippen molar-refractivity contribution in [3.63, 3.8) is 0 Å². The molecular weight excluding hydrogens is 164 g/mol. The highest BCUT2D eigenvalue weighted by atomic mass is 32.2. The highest BCUT2D eigenvalue weighted by molar-refractivity contribution is 8.00. The number of carbonyl (C=O) groups is 1. The van der Waals surface area contributed by atoms with Gasteiger partial charge in [0.15, 0.2) is 5.44 Å². The van der Waals surface area contributed by atoms with Gasteiger partial charge in [-0.3, -0.25) is 4.79 Å². The van der Waals surface area contributed by atoms with Gasteiger partial charge in [0.25, 0.3) is 0 Å². The van der Waals surface area contributed by atoms with Gasteiger partial charge in [-0.2, -0.15) is 0 Å². The molecule has 0 saturated carbocycles. The zero-order valence-electron chi connectivity index (χ0n) is 7.03. The number of aliphatic hydroxyl groups excluding tert-OH is 1. The third-order valence-electron chi connectivity index (χ3n) is 0.870. The van der Waals surface area contributed by atoms with E-state index in [1.165, 1.54) is 18.7 Å². The molecular formula is C7H14O3S. The van der Waals surface area contributed by atoms with Crippen LogP contribution in [0.3, 0.4) is 0 Å². The summed E-state index contributed by atoms with van der Waals surface area (Å²) in [5.41, 5.74) is -0.410. The number of ether oxygens (including phenoxy) is 1. The third-order valence-corrected chi connectivity index (χ3v) is 1.96. The summed E-state index contributed by atoms with van der Waals surface area (Å²) >= 11 is 1.43. The molecule has 0 aromatic rings. The molecule has 0 heterocycles. The lowest BCUT2D eigenvalue weighted by Gasteiger charge is -2.15. The molecule has 0 saturated heterocycles. The summed E-state index contributed by atoms with van der Waals surface area (Å²) in [7, 11) is 0. The zero-order chi connectivity index (χ0) is 8.85. The lowest BCUT2D eigenvalue weighted by atomic mass is 10.6. The van der Waals surface area contributed by atoms with E-state index in [4.69, 9.17) is 9.84 Å². The van der Waals surface area contributed by atoms with Gasteiger partial charge in [0.2, 0.25) is 0 Å². The largest absolute Gasteiger partial charge is 0.449 e. The Labute approximate surface area is 71.1 Å². The smallest absolute Gasteiger partial charge is 0.303 e. The first-order valence-corrected chi connectivity index (χ1v) is 4.44. The SMILES string of the molecule is CC(=O)O[C@H](CO)SC(C)C. The quantitative estimate of drug-likeness (QED) is 0.515. The van der Waals surface area contributed by atoms with Gasteiger partial charge >= 0.3 is 5.97 Å². The zero-order valence-corrected chi connectivity index (χ0v) is 7.85. The van der Waals surface area contributed by atoms with E-state index >= 15 is 0 Å². The Hall–Kier alpha value is -0.220. The van der Waals surface area contributed by atoms with Crippen molar-refractivity contribution in [2.45, 2.75) is 31.5 Å². The monoisotopic (exact) mass is 178 g/mol. The molecule has 0 aliphatic rings. The summed E-state index contributed by atoms with van der Waals surface area (Å²) in [6.07, 6.45) is 0. The number of carbonyl (C=O) groups excluding carboxylic acids is 1. The Morgan fingerprint density at radius 3 is 2.45 bits per heavy atom. The lowest BCUT2D eigenvalue weighted by molar-refractivity contribution is -0.143. The summed E-state index contributed by atoms with van der Waals surface area (Å²) in [6, 6.07) is 0. The van der Waals surface area contributed by atoms with Crippen molar-refractivity contribution in [3.8, 4) is 0 Å². The van der Waals surface area contributed by atoms with Crippen molar-refractivity contribution in [1.29, 1.82) is 0 Å². The molecule has 1 atom stereocenters. The van der Waals surface area contributed by atoms with Gasteiger partial charge in [0.05, 0.1) is 6.61 Å². The fourth-order valence-corrected chi connectivity index (χ4v) is 1.48. The van der Waals surface area contributed by atoms with Crippen LogP contribution in [0.2, 0.25) is 0 Å². The van der Waals surface area contributed by atoms with Crippen LogP contribution in [0.1, 0.15) is 20.8 Å². The third kappa shape index (κ3) is 6.19. The molecule has 1 N–H and O–H groups in total. The molecule has 0 radical (unpaired) electrons. The van der Waals surface area contributed by atoms with Gasteiger partial charge < -0.3 is 9.84 Å². The van der Waals surface area contributed by atoms with Gasteiger partial charge in [-0.05, 0) is 0 Å². The van der Waals surface area contributed by atoms with Crippen LogP contribution in [0, 0.1) is 0 Å². The molecule has 11 heavy (non-hydrogen) atoms. The van der Waals surface area contributed by atoms with E-state index < -0.39 is 5.44 Å². The molecule has 0 aliphatic carbocycles. The van der Waals surface area contributed by atoms with Crippen LogP contribution in [-0.2, 0) is 9.53 Å². The highest BCUT2D eigenvalue weighted by Crippen LogP contribution is 2.17. The van der Waals surface area contributed by atoms with Crippen LogP contribution in [0.4, 0.5) is 0 Å². The summed E-state index contributed by atoms with van der Waals surface area (Å²) in [5, 5.41) is 9.08. The molecule has 0 fully saturated rings. The molecule has 0 spiro atoms. The second-order valence-electron chi connectivity index (χ2n) is 2.41. The maximum atomic E-state index is 10.4. The van der Waals surface area contributed by atoms with Gasteiger partial charge in [-0.15, -0.1) is 11.8 Å². The molecule has 0 aromatic carbocycles. The van der Waals surface area contributed by atoms with E-state index in [-0.39, 0.29) is 12.6 Å². The number of hydrogen-bond acceptors (Lipinski definition) is 4. The predicted octanol–water partition coefficient (Wildman–Crippen LogP) is 1.01. The number of hydrogen-bond donors (Lipinski definition) is 1. The minimum absolute atomic E-state index is 0.123. The molecule has 0 aromatic heterocycles. The van der Waals surface area contributed by atoms with E-state index in [0.29, 0.717) is 5.25 Å². The highest BCUT2D eigenvalue weighted by Gasteiger charge is 2.12. The summed E-state index contributed by atoms with van der Waals surface area (Å²) in [4.78, 5) is 10.4. The van der Waals surface area contributed by atoms with Gasteiger partial charge in [-0.1, -0.05) is 13.8 Å². The predicted molar refractivity (Wildman–Crippen MR) is 45.4 cm³/mol. The summed E-state index contributed by atoms with van der Waals surface area (Å²) in [5.74, 6) is -0.350. The van der Waals surface area contributed by atoms with E-state index in [0.717, 1.165) is 0 Å². The maximum absolute atomic E-state index is 10.4. The molecule has 0 aliphatic heterocycles. The Balaban J connectivity index is 3.66. The van der Waals surface area contributed by atoms with Crippen molar-refractivity contribution in [2.75, 3.05) is 6.61 Å². The average molecular weight is 178 g/mol. The number of aliphatic hydroxyl groups is 1. The van der Waals surface area contributed by atoms with E-state index in [9.17, 15) is 4.79 Å². The van der Waals surface area contributed by atoms with Crippen molar-refractivity contribution in [1.82, 2.24) is 0 Å². The number of thioether (sulfide) groups is 1. The van der Waals surface area contributed by atoms with Crippen molar-refractivity contribution < 1.29 is 14.6 Å². The standard InChI is InChI=1S/C7H14O3S/c1-5(2)11-7(4-8)10-6(3)9/h5,7-8H,4H2,1-3H3/t7-/m0/s1. The fraction of sp³-hybridized carbons (Fsp3) is 0.857. The van der Waals surface area contributed by atoms with Gasteiger partial charge in [-0.25, -0.2) is 0 Å². The van der Waals surface area contributed by atoms with Crippen LogP contribution in [0.5, 0.6) is 0 Å². The topological polar surface area (TPSA) is 46.5 Å². The normalized spacial score (nSPS) is 13.2. The minimum Gasteiger partial charge on any atom is -0.449 e. The first-order chi connectivity index (χ1) is 5.06. The molecule has 0 amide bonds. The Kier molecular flexibility index (Phi) is 5.32. The minimum atomic E-state index is -0.410. The average Bonchev–Trinajstić information content (AvgIpc) is 1.84. The van der Waals surface area contributed by atoms with Gasteiger partial charge in [0.1, 0.15) is 0 Å².